The lowest BCUT2D eigenvalue weighted by Gasteiger charge is -2.27. The summed E-state index contributed by atoms with van der Waals surface area (Å²) < 4.78 is 5.81. The van der Waals surface area contributed by atoms with E-state index in [1.165, 1.54) is 15.9 Å². The Hall–Kier alpha value is -1.66. The fraction of sp³-hybridized carbons (Fsp3) is 0.250. The predicted molar refractivity (Wildman–Crippen MR) is 121 cm³/mol. The van der Waals surface area contributed by atoms with Gasteiger partial charge in [-0.25, -0.2) is 0 Å². The maximum absolute atomic E-state index is 5.81. The van der Waals surface area contributed by atoms with Gasteiger partial charge in [-0.3, -0.25) is 0 Å². The van der Waals surface area contributed by atoms with Gasteiger partial charge in [-0.05, 0) is 42.8 Å². The smallest absolute Gasteiger partial charge is 0.112 e. The molecule has 0 unspecified atom stereocenters. The van der Waals surface area contributed by atoms with Crippen LogP contribution < -0.4 is 15.9 Å². The normalized spacial score (nSPS) is 11.4. The van der Waals surface area contributed by atoms with E-state index in [9.17, 15) is 0 Å². The largest absolute Gasteiger partial charge is 0.381 e. The molecule has 3 aromatic carbocycles. The van der Waals surface area contributed by atoms with Crippen LogP contribution in [0.1, 0.15) is 12.8 Å². The van der Waals surface area contributed by atoms with Crippen molar-refractivity contribution in [2.24, 2.45) is 0 Å². The van der Waals surface area contributed by atoms with Gasteiger partial charge >= 0.3 is 0 Å². The molecule has 0 amide bonds. The Balaban J connectivity index is 1.98. The van der Waals surface area contributed by atoms with E-state index in [0.29, 0.717) is 5.88 Å². The average molecular weight is 398 g/mol. The topological polar surface area (TPSA) is 9.23 Å². The summed E-state index contributed by atoms with van der Waals surface area (Å²) in [5.74, 6) is 0.662. The Morgan fingerprint density at radius 3 is 1.41 bits per heavy atom. The monoisotopic (exact) mass is 397 g/mol. The van der Waals surface area contributed by atoms with Crippen molar-refractivity contribution in [1.29, 1.82) is 0 Å². The first-order valence-electron chi connectivity index (χ1n) is 9.56. The van der Waals surface area contributed by atoms with Gasteiger partial charge in [0.1, 0.15) is 23.2 Å². The zero-order valence-electron chi connectivity index (χ0n) is 15.6. The van der Waals surface area contributed by atoms with Crippen molar-refractivity contribution in [3.63, 3.8) is 0 Å². The lowest BCUT2D eigenvalue weighted by Crippen LogP contribution is -2.33. The zero-order valence-corrected chi connectivity index (χ0v) is 17.3. The minimum Gasteiger partial charge on any atom is -0.381 e. The molecule has 0 aliphatic heterocycles. The molecule has 0 atom stereocenters. The van der Waals surface area contributed by atoms with Gasteiger partial charge in [-0.2, -0.15) is 0 Å². The Morgan fingerprint density at radius 2 is 1.00 bits per heavy atom. The molecular formula is C24H27ClOP+. The summed E-state index contributed by atoms with van der Waals surface area (Å²) in [6, 6.07) is 33.0. The Morgan fingerprint density at radius 1 is 0.593 bits per heavy atom. The van der Waals surface area contributed by atoms with Crippen molar-refractivity contribution in [2.75, 3.05) is 25.3 Å². The van der Waals surface area contributed by atoms with Crippen LogP contribution in [0.2, 0.25) is 0 Å². The van der Waals surface area contributed by atoms with E-state index in [0.717, 1.165) is 32.2 Å². The summed E-state index contributed by atoms with van der Waals surface area (Å²) in [6.45, 7) is 1.53. The first-order chi connectivity index (χ1) is 13.4. The van der Waals surface area contributed by atoms with E-state index < -0.39 is 7.26 Å². The highest BCUT2D eigenvalue weighted by atomic mass is 35.5. The first-order valence-corrected chi connectivity index (χ1v) is 12.1. The van der Waals surface area contributed by atoms with Crippen LogP contribution in [0.4, 0.5) is 0 Å². The minimum absolute atomic E-state index is 0.662. The molecular weight excluding hydrogens is 371 g/mol. The Bertz CT molecular complexity index is 681. The van der Waals surface area contributed by atoms with Crippen LogP contribution in [-0.4, -0.2) is 25.3 Å². The van der Waals surface area contributed by atoms with Gasteiger partial charge in [-0.15, -0.1) is 11.6 Å². The third-order valence-corrected chi connectivity index (χ3v) is 9.59. The molecule has 27 heavy (non-hydrogen) atoms. The van der Waals surface area contributed by atoms with E-state index >= 15 is 0 Å². The molecule has 0 spiro atoms. The molecule has 3 aromatic rings. The van der Waals surface area contributed by atoms with Gasteiger partial charge < -0.3 is 4.74 Å². The highest BCUT2D eigenvalue weighted by Crippen LogP contribution is 2.55. The van der Waals surface area contributed by atoms with Crippen LogP contribution in [0.3, 0.4) is 0 Å². The third kappa shape index (κ3) is 4.99. The van der Waals surface area contributed by atoms with Crippen molar-refractivity contribution in [3.8, 4) is 0 Å². The number of halogens is 1. The van der Waals surface area contributed by atoms with E-state index in [1.807, 2.05) is 0 Å². The average Bonchev–Trinajstić information content (AvgIpc) is 2.75. The highest BCUT2D eigenvalue weighted by molar-refractivity contribution is 7.95. The molecule has 0 radical (unpaired) electrons. The Labute approximate surface area is 168 Å². The fourth-order valence-corrected chi connectivity index (χ4v) is 7.97. The third-order valence-electron chi connectivity index (χ3n) is 4.80. The van der Waals surface area contributed by atoms with E-state index in [4.69, 9.17) is 16.3 Å². The van der Waals surface area contributed by atoms with Crippen molar-refractivity contribution in [1.82, 2.24) is 0 Å². The first kappa shape index (κ1) is 20.1. The van der Waals surface area contributed by atoms with Gasteiger partial charge in [0.05, 0.1) is 12.8 Å². The molecule has 0 fully saturated rings. The summed E-state index contributed by atoms with van der Waals surface area (Å²) in [5, 5.41) is 4.30. The second kappa shape index (κ2) is 10.6. The number of ether oxygens (including phenoxy) is 1. The molecule has 3 rings (SSSR count). The molecule has 0 saturated heterocycles. The van der Waals surface area contributed by atoms with Gasteiger partial charge in [0, 0.05) is 18.9 Å². The van der Waals surface area contributed by atoms with Gasteiger partial charge in [0.15, 0.2) is 0 Å². The van der Waals surface area contributed by atoms with Crippen LogP contribution in [0.25, 0.3) is 0 Å². The van der Waals surface area contributed by atoms with Gasteiger partial charge in [-0.1, -0.05) is 54.6 Å². The molecule has 0 heterocycles. The van der Waals surface area contributed by atoms with Crippen molar-refractivity contribution in [3.05, 3.63) is 91.0 Å². The number of hydrogen-bond acceptors (Lipinski definition) is 1. The van der Waals surface area contributed by atoms with Crippen LogP contribution in [0.5, 0.6) is 0 Å². The molecule has 1 nitrogen and oxygen atoms in total. The van der Waals surface area contributed by atoms with E-state index in [1.54, 1.807) is 0 Å². The molecule has 140 valence electrons. The van der Waals surface area contributed by atoms with Gasteiger partial charge in [0.25, 0.3) is 0 Å². The van der Waals surface area contributed by atoms with E-state index in [-0.39, 0.29) is 0 Å². The summed E-state index contributed by atoms with van der Waals surface area (Å²) in [7, 11) is -1.71. The lowest BCUT2D eigenvalue weighted by molar-refractivity contribution is 0.136. The quantitative estimate of drug-likeness (QED) is 0.265. The molecule has 3 heteroatoms. The number of hydrogen-bond donors (Lipinski definition) is 0. The fourth-order valence-electron chi connectivity index (χ4n) is 3.54. The van der Waals surface area contributed by atoms with Crippen LogP contribution in [0.15, 0.2) is 91.0 Å². The number of alkyl halides is 1. The molecule has 0 aliphatic carbocycles. The number of rotatable bonds is 10. The maximum atomic E-state index is 5.81. The maximum Gasteiger partial charge on any atom is 0.112 e. The highest BCUT2D eigenvalue weighted by Gasteiger charge is 2.44. The molecule has 0 N–H and O–H groups in total. The van der Waals surface area contributed by atoms with E-state index in [2.05, 4.69) is 91.0 Å². The molecule has 0 saturated carbocycles. The summed E-state index contributed by atoms with van der Waals surface area (Å²) in [4.78, 5) is 0. The van der Waals surface area contributed by atoms with Crippen molar-refractivity contribution >= 4 is 34.8 Å². The zero-order chi connectivity index (χ0) is 18.8. The van der Waals surface area contributed by atoms with Crippen LogP contribution in [-0.2, 0) is 4.74 Å². The number of benzene rings is 3. The predicted octanol–water partition coefficient (Wildman–Crippen LogP) is 5.02. The molecule has 0 bridgehead atoms. The van der Waals surface area contributed by atoms with Crippen molar-refractivity contribution in [2.45, 2.75) is 12.8 Å². The SMILES string of the molecule is ClCCCOCCC[P+](c1ccccc1)(c1ccccc1)c1ccccc1. The summed E-state index contributed by atoms with van der Waals surface area (Å²) in [6.07, 6.45) is 3.05. The standard InChI is InChI=1S/C24H27ClOP/c25-18-10-19-26-20-11-21-27(22-12-4-1-5-13-22,23-14-6-2-7-15-23)24-16-8-3-9-17-24/h1-9,12-17H,10-11,18-21H2/q+1. The Kier molecular flexibility index (Phi) is 7.90. The second-order valence-electron chi connectivity index (χ2n) is 6.55. The molecule has 0 aromatic heterocycles. The van der Waals surface area contributed by atoms with Crippen LogP contribution in [0, 0.1) is 0 Å². The van der Waals surface area contributed by atoms with Gasteiger partial charge in [0.2, 0.25) is 0 Å². The summed E-state index contributed by atoms with van der Waals surface area (Å²) >= 11 is 5.75. The molecule has 0 aliphatic rings. The summed E-state index contributed by atoms with van der Waals surface area (Å²) in [5.41, 5.74) is 0. The van der Waals surface area contributed by atoms with Crippen LogP contribution >= 0.6 is 18.9 Å². The van der Waals surface area contributed by atoms with Crippen molar-refractivity contribution < 1.29 is 4.74 Å². The second-order valence-corrected chi connectivity index (χ2v) is 10.5. The minimum atomic E-state index is -1.71. The lowest BCUT2D eigenvalue weighted by atomic mass is 10.4.